The molecule has 0 amide bonds. The Morgan fingerprint density at radius 3 is 0.606 bits per heavy atom. The highest BCUT2D eigenvalue weighted by atomic mass is 31.2. The lowest BCUT2D eigenvalue weighted by Crippen LogP contribution is -2.32. The molecule has 0 unspecified atom stereocenters. The Labute approximate surface area is 394 Å². The fraction of sp³-hybridized carbons (Fsp3) is 0.167. The summed E-state index contributed by atoms with van der Waals surface area (Å²) in [5.74, 6) is -2.17. The third-order valence-corrected chi connectivity index (χ3v) is 20.1. The number of rotatable bonds is 10. The van der Waals surface area contributed by atoms with E-state index in [1.807, 2.05) is 0 Å². The van der Waals surface area contributed by atoms with Gasteiger partial charge in [0.2, 0.25) is 0 Å². The van der Waals surface area contributed by atoms with Gasteiger partial charge in [0.25, 0.3) is 0 Å². The van der Waals surface area contributed by atoms with E-state index in [-0.39, 0.29) is 0 Å². The van der Waals surface area contributed by atoms with Gasteiger partial charge in [-0.25, -0.2) is 0 Å². The van der Waals surface area contributed by atoms with Gasteiger partial charge in [0, 0.05) is 11.9 Å². The van der Waals surface area contributed by atoms with E-state index >= 15 is 0 Å². The van der Waals surface area contributed by atoms with Crippen LogP contribution in [-0.2, 0) is 21.9 Å². The molecule has 0 atom stereocenters. The SMILES string of the molecule is CC(=O)[O-].CC(=O)[O-].Cc1ccc([P+](Cc2ccccc2)(c2ccc(C)cc2)c2ccc(C)cc2)cc1.Cc1ccc([P+](Cc2ccccc2)(c2ccc(C)cc2)c2ccc(C)cc2)cc1. The number of carboxylic acids is 2. The Balaban J connectivity index is 0.000000213. The molecule has 0 saturated carbocycles. The van der Waals surface area contributed by atoms with Gasteiger partial charge >= 0.3 is 0 Å². The summed E-state index contributed by atoms with van der Waals surface area (Å²) in [5.41, 5.74) is 10.6. The van der Waals surface area contributed by atoms with Gasteiger partial charge in [0.1, 0.15) is 46.4 Å². The van der Waals surface area contributed by atoms with Crippen LogP contribution in [0.25, 0.3) is 0 Å². The molecular weight excluding hydrogens is 847 g/mol. The van der Waals surface area contributed by atoms with Crippen LogP contribution in [0.1, 0.15) is 58.4 Å². The van der Waals surface area contributed by atoms with Crippen molar-refractivity contribution in [2.24, 2.45) is 0 Å². The summed E-state index contributed by atoms with van der Waals surface area (Å²) in [6, 6.07) is 77.3. The molecule has 0 bridgehead atoms. The third kappa shape index (κ3) is 13.8. The van der Waals surface area contributed by atoms with Gasteiger partial charge in [-0.1, -0.05) is 167 Å². The van der Waals surface area contributed by atoms with E-state index in [9.17, 15) is 0 Å². The zero-order valence-corrected chi connectivity index (χ0v) is 41.4. The lowest BCUT2D eigenvalue weighted by molar-refractivity contribution is -0.303. The van der Waals surface area contributed by atoms with Crippen molar-refractivity contribution in [1.82, 2.24) is 0 Å². The second-order valence-corrected chi connectivity index (χ2v) is 23.9. The Bertz CT molecular complexity index is 2290. The van der Waals surface area contributed by atoms with E-state index in [0.29, 0.717) is 0 Å². The highest BCUT2D eigenvalue weighted by Gasteiger charge is 2.46. The Hall–Kier alpha value is -6.44. The number of hydrogen-bond acceptors (Lipinski definition) is 4. The van der Waals surface area contributed by atoms with E-state index < -0.39 is 26.5 Å². The standard InChI is InChI=1S/2C28H28P.2C2H4O2/c2*1-22-9-15-26(16-10-22)29(21-25-7-5-4-6-8-25,27-17-11-23(2)12-18-27)28-19-13-24(3)14-20-28;2*1-2(3)4/h2*4-20H,21H2,1-3H3;2*1H3,(H,3,4)/q2*+1;;/p-2. The van der Waals surface area contributed by atoms with Crippen LogP contribution in [0.2, 0.25) is 0 Å². The second kappa shape index (κ2) is 24.2. The number of hydrogen-bond donors (Lipinski definition) is 0. The smallest absolute Gasteiger partial charge is 0.116 e. The van der Waals surface area contributed by atoms with Crippen molar-refractivity contribution in [1.29, 1.82) is 0 Å². The first-order valence-electron chi connectivity index (χ1n) is 22.2. The highest BCUT2D eigenvalue weighted by Crippen LogP contribution is 2.59. The number of benzene rings is 8. The van der Waals surface area contributed by atoms with Gasteiger partial charge in [-0.3, -0.25) is 0 Å². The molecule has 8 aromatic carbocycles. The lowest BCUT2D eigenvalue weighted by atomic mass is 10.2. The van der Waals surface area contributed by atoms with Gasteiger partial charge in [0.15, 0.2) is 0 Å². The average molecular weight is 909 g/mol. The van der Waals surface area contributed by atoms with Crippen LogP contribution in [0, 0.1) is 41.5 Å². The zero-order chi connectivity index (χ0) is 47.7. The number of aryl methyl sites for hydroxylation is 6. The second-order valence-electron chi connectivity index (χ2n) is 16.9. The minimum absolute atomic E-state index is 0.972. The number of carbonyl (C=O) groups excluding carboxylic acids is 2. The first kappa shape index (κ1) is 50.6. The predicted molar refractivity (Wildman–Crippen MR) is 280 cm³/mol. The Morgan fingerprint density at radius 2 is 0.455 bits per heavy atom. The molecule has 8 rings (SSSR count). The summed E-state index contributed by atoms with van der Waals surface area (Å²) in [5, 5.41) is 26.4. The van der Waals surface area contributed by atoms with Gasteiger partial charge in [-0.05, 0) is 139 Å². The van der Waals surface area contributed by atoms with Gasteiger partial charge in [-0.2, -0.15) is 0 Å². The Kier molecular flexibility index (Phi) is 18.5. The first-order valence-corrected chi connectivity index (χ1v) is 26.2. The van der Waals surface area contributed by atoms with E-state index in [2.05, 4.69) is 248 Å². The topological polar surface area (TPSA) is 80.3 Å². The van der Waals surface area contributed by atoms with Gasteiger partial charge in [-0.15, -0.1) is 0 Å². The molecule has 336 valence electrons. The normalized spacial score (nSPS) is 10.8. The number of carboxylic acid groups (broad SMARTS) is 2. The highest BCUT2D eigenvalue weighted by molar-refractivity contribution is 7.95. The number of carbonyl (C=O) groups is 2. The molecule has 4 nitrogen and oxygen atoms in total. The van der Waals surface area contributed by atoms with Crippen molar-refractivity contribution >= 4 is 58.3 Å². The zero-order valence-electron chi connectivity index (χ0n) is 39.6. The fourth-order valence-electron chi connectivity index (χ4n) is 7.95. The lowest BCUT2D eigenvalue weighted by Gasteiger charge is -2.28. The van der Waals surface area contributed by atoms with Crippen molar-refractivity contribution in [3.05, 3.63) is 251 Å². The minimum atomic E-state index is -1.83. The largest absolute Gasteiger partial charge is 0.550 e. The molecular formula is C60H62O4P2. The van der Waals surface area contributed by atoms with Crippen LogP contribution < -0.4 is 42.0 Å². The molecule has 0 aliphatic heterocycles. The first-order chi connectivity index (χ1) is 31.6. The average Bonchev–Trinajstić information content (AvgIpc) is 3.30. The van der Waals surface area contributed by atoms with E-state index in [1.165, 1.54) is 76.3 Å². The summed E-state index contributed by atoms with van der Waals surface area (Å²) in [4.78, 5) is 17.8. The predicted octanol–water partition coefficient (Wildman–Crippen LogP) is 9.72. The van der Waals surface area contributed by atoms with E-state index in [1.54, 1.807) is 0 Å². The van der Waals surface area contributed by atoms with Gasteiger partial charge < -0.3 is 19.8 Å². The molecule has 66 heavy (non-hydrogen) atoms. The summed E-state index contributed by atoms with van der Waals surface area (Å²) in [6.07, 6.45) is 2.06. The van der Waals surface area contributed by atoms with Crippen LogP contribution >= 0.6 is 14.5 Å². The quantitative estimate of drug-likeness (QED) is 0.128. The summed E-state index contributed by atoms with van der Waals surface area (Å²) in [6.45, 7) is 14.9. The van der Waals surface area contributed by atoms with E-state index in [0.717, 1.165) is 26.2 Å². The van der Waals surface area contributed by atoms with Crippen LogP contribution in [0.5, 0.6) is 0 Å². The van der Waals surface area contributed by atoms with Gasteiger partial charge in [0.05, 0.1) is 12.3 Å². The molecule has 0 aliphatic carbocycles. The molecule has 0 aromatic heterocycles. The Morgan fingerprint density at radius 1 is 0.303 bits per heavy atom. The van der Waals surface area contributed by atoms with Crippen molar-refractivity contribution in [2.45, 2.75) is 67.7 Å². The molecule has 0 N–H and O–H groups in total. The van der Waals surface area contributed by atoms with E-state index in [4.69, 9.17) is 19.8 Å². The monoisotopic (exact) mass is 908 g/mol. The molecule has 0 aliphatic rings. The maximum atomic E-state index is 8.89. The maximum Gasteiger partial charge on any atom is 0.116 e. The molecule has 6 heteroatoms. The summed E-state index contributed by atoms with van der Waals surface area (Å²) < 4.78 is 0. The number of aliphatic carboxylic acids is 2. The molecule has 0 saturated heterocycles. The van der Waals surface area contributed by atoms with Crippen molar-refractivity contribution in [3.8, 4) is 0 Å². The minimum Gasteiger partial charge on any atom is -0.550 e. The van der Waals surface area contributed by atoms with Crippen molar-refractivity contribution < 1.29 is 19.8 Å². The van der Waals surface area contributed by atoms with Crippen LogP contribution in [0.4, 0.5) is 0 Å². The molecule has 0 heterocycles. The summed E-state index contributed by atoms with van der Waals surface area (Å²) >= 11 is 0. The fourth-order valence-corrected chi connectivity index (χ4v) is 16.3. The van der Waals surface area contributed by atoms with Crippen LogP contribution in [0.15, 0.2) is 206 Å². The molecule has 8 aromatic rings. The molecule has 0 spiro atoms. The third-order valence-electron chi connectivity index (χ3n) is 11.4. The van der Waals surface area contributed by atoms with Crippen molar-refractivity contribution in [2.75, 3.05) is 0 Å². The molecule has 0 radical (unpaired) electrons. The van der Waals surface area contributed by atoms with Crippen molar-refractivity contribution in [3.63, 3.8) is 0 Å². The van der Waals surface area contributed by atoms with Crippen LogP contribution in [0.3, 0.4) is 0 Å². The summed E-state index contributed by atoms with van der Waals surface area (Å²) in [7, 11) is -3.67. The maximum absolute atomic E-state index is 8.89. The van der Waals surface area contributed by atoms with Crippen LogP contribution in [-0.4, -0.2) is 11.9 Å². The molecule has 0 fully saturated rings.